The molecule has 2 aromatic heterocycles. The van der Waals surface area contributed by atoms with Gasteiger partial charge in [0.25, 0.3) is 0 Å². The Balaban J connectivity index is 1.53. The second-order valence-corrected chi connectivity index (χ2v) is 8.89. The molecule has 2 heterocycles. The predicted octanol–water partition coefficient (Wildman–Crippen LogP) is 3.84. The number of fused-ring (bicyclic) bond motifs is 2. The summed E-state index contributed by atoms with van der Waals surface area (Å²) in [6.07, 6.45) is 0.245. The lowest BCUT2D eigenvalue weighted by Gasteiger charge is -2.16. The number of sulfonamides is 1. The Morgan fingerprint density at radius 3 is 2.10 bits per heavy atom. The number of aromatic amines is 2. The van der Waals surface area contributed by atoms with Crippen LogP contribution in [0.3, 0.4) is 0 Å². The second kappa shape index (κ2) is 7.60. The van der Waals surface area contributed by atoms with Crippen LogP contribution >= 0.6 is 0 Å². The molecule has 0 aliphatic heterocycles. The first-order valence-electron chi connectivity index (χ1n) is 9.64. The number of H-pyrrole nitrogens is 2. The zero-order chi connectivity index (χ0) is 21.4. The van der Waals surface area contributed by atoms with Gasteiger partial charge in [-0.15, -0.1) is 0 Å². The number of hydrogen-bond acceptors (Lipinski definition) is 4. The smallest absolute Gasteiger partial charge is 0.241 e. The molecule has 0 saturated carbocycles. The number of aromatic nitrogens is 4. The summed E-state index contributed by atoms with van der Waals surface area (Å²) < 4.78 is 42.0. The molecule has 5 rings (SSSR count). The zero-order valence-electron chi connectivity index (χ0n) is 16.2. The van der Waals surface area contributed by atoms with Crippen molar-refractivity contribution in [1.82, 2.24) is 24.7 Å². The Kier molecular flexibility index (Phi) is 4.76. The Morgan fingerprint density at radius 1 is 0.839 bits per heavy atom. The van der Waals surface area contributed by atoms with Gasteiger partial charge >= 0.3 is 0 Å². The maximum Gasteiger partial charge on any atom is 0.241 e. The number of nitrogens with zero attached hydrogens (tertiary/aromatic N) is 2. The first kappa shape index (κ1) is 19.4. The number of hydrogen-bond donors (Lipinski definition) is 3. The molecule has 0 aliphatic rings. The third-order valence-corrected chi connectivity index (χ3v) is 6.48. The van der Waals surface area contributed by atoms with Gasteiger partial charge in [0.05, 0.1) is 33.0 Å². The van der Waals surface area contributed by atoms with Crippen molar-refractivity contribution in [3.63, 3.8) is 0 Å². The van der Waals surface area contributed by atoms with E-state index in [0.717, 1.165) is 34.2 Å². The molecule has 0 amide bonds. The van der Waals surface area contributed by atoms with Crippen LogP contribution in [0.4, 0.5) is 4.39 Å². The number of benzene rings is 3. The lowest BCUT2D eigenvalue weighted by atomic mass is 10.2. The number of imidazole rings is 2. The Bertz CT molecular complexity index is 1410. The molecule has 0 spiro atoms. The fourth-order valence-corrected chi connectivity index (χ4v) is 4.70. The molecule has 31 heavy (non-hydrogen) atoms. The van der Waals surface area contributed by atoms with E-state index in [1.165, 1.54) is 12.1 Å². The third kappa shape index (κ3) is 3.92. The summed E-state index contributed by atoms with van der Waals surface area (Å²) >= 11 is 0. The van der Waals surface area contributed by atoms with Crippen molar-refractivity contribution in [2.75, 3.05) is 0 Å². The molecule has 5 aromatic rings. The highest BCUT2D eigenvalue weighted by Crippen LogP contribution is 2.23. The Hall–Kier alpha value is -3.56. The highest BCUT2D eigenvalue weighted by molar-refractivity contribution is 7.89. The number of nitrogens with one attached hydrogen (secondary N) is 3. The summed E-state index contributed by atoms with van der Waals surface area (Å²) in [7, 11) is -3.93. The predicted molar refractivity (Wildman–Crippen MR) is 115 cm³/mol. The second-order valence-electron chi connectivity index (χ2n) is 7.17. The lowest BCUT2D eigenvalue weighted by Crippen LogP contribution is -2.31. The Morgan fingerprint density at radius 2 is 1.45 bits per heavy atom. The van der Waals surface area contributed by atoms with E-state index >= 15 is 0 Å². The molecule has 0 saturated heterocycles. The van der Waals surface area contributed by atoms with Gasteiger partial charge in [-0.1, -0.05) is 24.3 Å². The minimum Gasteiger partial charge on any atom is -0.342 e. The van der Waals surface area contributed by atoms with Gasteiger partial charge in [0, 0.05) is 6.42 Å². The van der Waals surface area contributed by atoms with Gasteiger partial charge in [-0.3, -0.25) is 0 Å². The maximum atomic E-state index is 13.3. The van der Waals surface area contributed by atoms with E-state index in [-0.39, 0.29) is 11.3 Å². The summed E-state index contributed by atoms with van der Waals surface area (Å²) in [5.41, 5.74) is 3.19. The minimum atomic E-state index is -3.93. The van der Waals surface area contributed by atoms with E-state index in [1.54, 1.807) is 0 Å². The molecule has 1 atom stereocenters. The average molecular weight is 435 g/mol. The van der Waals surface area contributed by atoms with E-state index in [0.29, 0.717) is 11.6 Å². The molecule has 7 nitrogen and oxygen atoms in total. The van der Waals surface area contributed by atoms with Gasteiger partial charge in [-0.05, 0) is 48.5 Å². The van der Waals surface area contributed by atoms with E-state index in [9.17, 15) is 12.8 Å². The van der Waals surface area contributed by atoms with Crippen molar-refractivity contribution in [2.45, 2.75) is 17.4 Å². The van der Waals surface area contributed by atoms with Crippen LogP contribution in [0.1, 0.15) is 17.7 Å². The summed E-state index contributed by atoms with van der Waals surface area (Å²) in [6, 6.07) is 19.0. The topological polar surface area (TPSA) is 104 Å². The van der Waals surface area contributed by atoms with Gasteiger partial charge in [0.2, 0.25) is 10.0 Å². The van der Waals surface area contributed by atoms with E-state index in [4.69, 9.17) is 0 Å². The number of halogens is 1. The summed E-state index contributed by atoms with van der Waals surface area (Å²) in [5, 5.41) is 0. The van der Waals surface area contributed by atoms with Gasteiger partial charge in [-0.2, -0.15) is 0 Å². The van der Waals surface area contributed by atoms with E-state index < -0.39 is 21.9 Å². The van der Waals surface area contributed by atoms with Gasteiger partial charge in [0.15, 0.2) is 0 Å². The standard InChI is InChI=1S/C22H18FN5O2S/c23-14-9-11-15(12-10-14)31(29,30)28-20(22-26-18-7-3-4-8-19(18)27-22)13-21-24-16-5-1-2-6-17(16)25-21/h1-12,20,28H,13H2,(H,24,25)(H,26,27). The zero-order valence-corrected chi connectivity index (χ0v) is 17.0. The molecule has 156 valence electrons. The molecule has 1 unspecified atom stereocenters. The SMILES string of the molecule is O=S(=O)(NC(Cc1nc2ccccc2[nH]1)c1nc2ccccc2[nH]1)c1ccc(F)cc1. The van der Waals surface area contributed by atoms with Gasteiger partial charge in [0.1, 0.15) is 17.5 Å². The summed E-state index contributed by atoms with van der Waals surface area (Å²) in [4.78, 5) is 15.5. The number of para-hydroxylation sites is 4. The molecular weight excluding hydrogens is 417 g/mol. The van der Waals surface area contributed by atoms with E-state index in [1.807, 2.05) is 48.5 Å². The highest BCUT2D eigenvalue weighted by Gasteiger charge is 2.25. The first-order valence-corrected chi connectivity index (χ1v) is 11.1. The third-order valence-electron chi connectivity index (χ3n) is 5.00. The van der Waals surface area contributed by atoms with Crippen LogP contribution in [0.25, 0.3) is 22.1 Å². The fourth-order valence-electron chi connectivity index (χ4n) is 3.50. The summed E-state index contributed by atoms with van der Waals surface area (Å²) in [6.45, 7) is 0. The first-order chi connectivity index (χ1) is 15.0. The van der Waals surface area contributed by atoms with Crippen molar-refractivity contribution in [1.29, 1.82) is 0 Å². The monoisotopic (exact) mass is 435 g/mol. The van der Waals surface area contributed by atoms with Gasteiger partial charge < -0.3 is 9.97 Å². The Labute approximate surface area is 177 Å². The molecule has 9 heteroatoms. The van der Waals surface area contributed by atoms with Crippen molar-refractivity contribution < 1.29 is 12.8 Å². The highest BCUT2D eigenvalue weighted by atomic mass is 32.2. The quantitative estimate of drug-likeness (QED) is 0.377. The molecule has 0 aliphatic carbocycles. The fraction of sp³-hybridized carbons (Fsp3) is 0.0909. The molecular formula is C22H18FN5O2S. The normalized spacial score (nSPS) is 13.1. The average Bonchev–Trinajstić information content (AvgIpc) is 3.37. The van der Waals surface area contributed by atoms with Crippen molar-refractivity contribution in [3.05, 3.63) is 90.3 Å². The largest absolute Gasteiger partial charge is 0.342 e. The number of rotatable bonds is 6. The molecule has 0 bridgehead atoms. The van der Waals surface area contributed by atoms with Gasteiger partial charge in [-0.25, -0.2) is 27.5 Å². The molecule has 3 aromatic carbocycles. The van der Waals surface area contributed by atoms with Crippen LogP contribution in [0, 0.1) is 5.82 Å². The van der Waals surface area contributed by atoms with Crippen LogP contribution in [0.5, 0.6) is 0 Å². The van der Waals surface area contributed by atoms with Crippen molar-refractivity contribution in [3.8, 4) is 0 Å². The van der Waals surface area contributed by atoms with Crippen LogP contribution in [-0.4, -0.2) is 28.4 Å². The molecule has 3 N–H and O–H groups in total. The minimum absolute atomic E-state index is 0.0281. The van der Waals surface area contributed by atoms with Crippen LogP contribution in [0.2, 0.25) is 0 Å². The van der Waals surface area contributed by atoms with Crippen LogP contribution in [-0.2, 0) is 16.4 Å². The summed E-state index contributed by atoms with van der Waals surface area (Å²) in [5.74, 6) is 0.580. The van der Waals surface area contributed by atoms with Crippen molar-refractivity contribution >= 4 is 32.1 Å². The van der Waals surface area contributed by atoms with Crippen molar-refractivity contribution in [2.24, 2.45) is 0 Å². The van der Waals surface area contributed by atoms with E-state index in [2.05, 4.69) is 24.7 Å². The lowest BCUT2D eigenvalue weighted by molar-refractivity contribution is 0.541. The maximum absolute atomic E-state index is 13.3. The molecule has 0 fully saturated rings. The van der Waals surface area contributed by atoms with Crippen LogP contribution < -0.4 is 4.72 Å². The van der Waals surface area contributed by atoms with Crippen LogP contribution in [0.15, 0.2) is 77.7 Å². The molecule has 0 radical (unpaired) electrons.